The number of carbonyl (C=O) groups is 1. The second-order valence-electron chi connectivity index (χ2n) is 6.27. The van der Waals surface area contributed by atoms with Crippen molar-refractivity contribution in [2.24, 2.45) is 7.05 Å². The van der Waals surface area contributed by atoms with Crippen molar-refractivity contribution in [3.05, 3.63) is 40.7 Å². The van der Waals surface area contributed by atoms with Gasteiger partial charge in [0.2, 0.25) is 5.82 Å². The summed E-state index contributed by atoms with van der Waals surface area (Å²) in [5.41, 5.74) is 4.02. The van der Waals surface area contributed by atoms with Gasteiger partial charge in [0.15, 0.2) is 0 Å². The van der Waals surface area contributed by atoms with E-state index in [0.29, 0.717) is 5.78 Å². The van der Waals surface area contributed by atoms with Crippen LogP contribution in [0.5, 0.6) is 0 Å². The Balaban J connectivity index is 1.62. The lowest BCUT2D eigenvalue weighted by Crippen LogP contribution is -2.31. The minimum atomic E-state index is -0.278. The predicted octanol–water partition coefficient (Wildman–Crippen LogP) is 1.28. The molecule has 124 valence electrons. The number of fused-ring (bicyclic) bond motifs is 2. The number of hydrogen-bond acceptors (Lipinski definition) is 5. The first kappa shape index (κ1) is 14.8. The molecule has 0 spiro atoms. The molecule has 1 unspecified atom stereocenters. The van der Waals surface area contributed by atoms with Crippen molar-refractivity contribution >= 4 is 11.7 Å². The van der Waals surface area contributed by atoms with Gasteiger partial charge in [-0.1, -0.05) is 0 Å². The Morgan fingerprint density at radius 3 is 3.00 bits per heavy atom. The molecule has 0 bridgehead atoms. The summed E-state index contributed by atoms with van der Waals surface area (Å²) in [6, 6.07) is 1.87. The van der Waals surface area contributed by atoms with E-state index < -0.39 is 0 Å². The fraction of sp³-hybridized carbons (Fsp3) is 0.438. The normalized spacial score (nSPS) is 17.0. The standard InChI is InChI=1S/C16H19N7O/c1-9-7-10(2)23-16(18-9)20-14(21-23)15(24)19-12-5-4-6-13-11(12)8-17-22(13)3/h7-8,12H,4-6H2,1-3H3,(H,19,24). The van der Waals surface area contributed by atoms with E-state index >= 15 is 0 Å². The van der Waals surface area contributed by atoms with Crippen molar-refractivity contribution in [1.82, 2.24) is 34.7 Å². The Morgan fingerprint density at radius 2 is 2.17 bits per heavy atom. The van der Waals surface area contributed by atoms with E-state index in [9.17, 15) is 4.79 Å². The summed E-state index contributed by atoms with van der Waals surface area (Å²) in [6.45, 7) is 3.81. The van der Waals surface area contributed by atoms with Gasteiger partial charge in [-0.3, -0.25) is 9.48 Å². The van der Waals surface area contributed by atoms with Gasteiger partial charge in [-0.15, -0.1) is 5.10 Å². The van der Waals surface area contributed by atoms with Crippen LogP contribution in [0.1, 0.15) is 52.1 Å². The maximum atomic E-state index is 12.6. The number of nitrogens with zero attached hydrogens (tertiary/aromatic N) is 6. The molecule has 0 aromatic carbocycles. The lowest BCUT2D eigenvalue weighted by molar-refractivity contribution is 0.0922. The number of amides is 1. The fourth-order valence-corrected chi connectivity index (χ4v) is 3.34. The number of aryl methyl sites for hydroxylation is 3. The first-order valence-corrected chi connectivity index (χ1v) is 8.05. The smallest absolute Gasteiger partial charge is 0.291 e. The molecule has 3 heterocycles. The average Bonchev–Trinajstić information content (AvgIpc) is 3.12. The molecule has 0 fully saturated rings. The van der Waals surface area contributed by atoms with Crippen LogP contribution in [0.2, 0.25) is 0 Å². The Labute approximate surface area is 138 Å². The molecule has 0 saturated carbocycles. The van der Waals surface area contributed by atoms with Crippen molar-refractivity contribution in [3.63, 3.8) is 0 Å². The van der Waals surface area contributed by atoms with E-state index in [-0.39, 0.29) is 17.8 Å². The molecule has 4 rings (SSSR count). The molecule has 1 atom stereocenters. The first-order chi connectivity index (χ1) is 11.5. The van der Waals surface area contributed by atoms with Gasteiger partial charge < -0.3 is 5.32 Å². The lowest BCUT2D eigenvalue weighted by atomic mass is 9.93. The minimum absolute atomic E-state index is 0.0441. The molecule has 3 aromatic heterocycles. The Morgan fingerprint density at radius 1 is 1.33 bits per heavy atom. The highest BCUT2D eigenvalue weighted by atomic mass is 16.2. The molecular formula is C16H19N7O. The highest BCUT2D eigenvalue weighted by Crippen LogP contribution is 2.29. The van der Waals surface area contributed by atoms with Crippen LogP contribution in [0.25, 0.3) is 5.78 Å². The van der Waals surface area contributed by atoms with Crippen LogP contribution in [0.3, 0.4) is 0 Å². The number of nitrogens with one attached hydrogen (secondary N) is 1. The average molecular weight is 325 g/mol. The minimum Gasteiger partial charge on any atom is -0.342 e. The fourth-order valence-electron chi connectivity index (χ4n) is 3.34. The van der Waals surface area contributed by atoms with Gasteiger partial charge in [0, 0.05) is 29.7 Å². The number of rotatable bonds is 2. The van der Waals surface area contributed by atoms with Gasteiger partial charge in [-0.05, 0) is 39.2 Å². The van der Waals surface area contributed by atoms with Crippen molar-refractivity contribution in [3.8, 4) is 0 Å². The van der Waals surface area contributed by atoms with Gasteiger partial charge in [-0.25, -0.2) is 9.50 Å². The maximum Gasteiger partial charge on any atom is 0.291 e. The maximum absolute atomic E-state index is 12.6. The summed E-state index contributed by atoms with van der Waals surface area (Å²) >= 11 is 0. The second kappa shape index (κ2) is 5.40. The third-order valence-corrected chi connectivity index (χ3v) is 4.50. The first-order valence-electron chi connectivity index (χ1n) is 8.05. The monoisotopic (exact) mass is 325 g/mol. The van der Waals surface area contributed by atoms with Gasteiger partial charge in [0.05, 0.1) is 12.2 Å². The topological polar surface area (TPSA) is 90.0 Å². The lowest BCUT2D eigenvalue weighted by Gasteiger charge is -2.23. The summed E-state index contributed by atoms with van der Waals surface area (Å²) in [5.74, 6) is 0.315. The van der Waals surface area contributed by atoms with Gasteiger partial charge >= 0.3 is 0 Å². The molecule has 0 saturated heterocycles. The van der Waals surface area contributed by atoms with Crippen LogP contribution in [0.4, 0.5) is 0 Å². The third kappa shape index (κ3) is 2.34. The zero-order valence-corrected chi connectivity index (χ0v) is 13.9. The van der Waals surface area contributed by atoms with Gasteiger partial charge in [-0.2, -0.15) is 10.1 Å². The zero-order chi connectivity index (χ0) is 16.8. The van der Waals surface area contributed by atoms with Crippen molar-refractivity contribution in [2.75, 3.05) is 0 Å². The number of carbonyl (C=O) groups excluding carboxylic acids is 1. The molecule has 8 nitrogen and oxygen atoms in total. The molecule has 0 aliphatic heterocycles. The Hall–Kier alpha value is -2.77. The molecular weight excluding hydrogens is 306 g/mol. The molecule has 1 amide bonds. The molecule has 1 aliphatic carbocycles. The van der Waals surface area contributed by atoms with E-state index in [4.69, 9.17) is 0 Å². The Kier molecular flexibility index (Phi) is 3.33. The summed E-state index contributed by atoms with van der Waals surface area (Å²) in [4.78, 5) is 21.2. The quantitative estimate of drug-likeness (QED) is 0.766. The zero-order valence-electron chi connectivity index (χ0n) is 13.9. The van der Waals surface area contributed by atoms with Crippen LogP contribution in [-0.2, 0) is 13.5 Å². The van der Waals surface area contributed by atoms with Crippen molar-refractivity contribution in [1.29, 1.82) is 0 Å². The molecule has 8 heteroatoms. The van der Waals surface area contributed by atoms with Crippen molar-refractivity contribution in [2.45, 2.75) is 39.2 Å². The summed E-state index contributed by atoms with van der Waals surface area (Å²) < 4.78 is 3.48. The summed E-state index contributed by atoms with van der Waals surface area (Å²) in [6.07, 6.45) is 4.75. The number of hydrogen-bond donors (Lipinski definition) is 1. The van der Waals surface area contributed by atoms with E-state index in [2.05, 4.69) is 25.5 Å². The second-order valence-corrected chi connectivity index (χ2v) is 6.27. The van der Waals surface area contributed by atoms with Crippen LogP contribution in [0.15, 0.2) is 12.3 Å². The van der Waals surface area contributed by atoms with E-state index in [1.165, 1.54) is 5.69 Å². The highest BCUT2D eigenvalue weighted by Gasteiger charge is 2.26. The van der Waals surface area contributed by atoms with Crippen molar-refractivity contribution < 1.29 is 4.79 Å². The van der Waals surface area contributed by atoms with E-state index in [1.54, 1.807) is 4.52 Å². The number of aromatic nitrogens is 6. The third-order valence-electron chi connectivity index (χ3n) is 4.50. The summed E-state index contributed by atoms with van der Waals surface area (Å²) in [5, 5.41) is 11.6. The van der Waals surface area contributed by atoms with Crippen LogP contribution < -0.4 is 5.32 Å². The van der Waals surface area contributed by atoms with Gasteiger partial charge in [0.1, 0.15) is 0 Å². The summed E-state index contributed by atoms with van der Waals surface area (Å²) in [7, 11) is 1.93. The van der Waals surface area contributed by atoms with E-state index in [0.717, 1.165) is 36.2 Å². The Bertz CT molecular complexity index is 939. The van der Waals surface area contributed by atoms with Crippen LogP contribution >= 0.6 is 0 Å². The molecule has 1 N–H and O–H groups in total. The van der Waals surface area contributed by atoms with E-state index in [1.807, 2.05) is 37.8 Å². The predicted molar refractivity (Wildman–Crippen MR) is 86.6 cm³/mol. The van der Waals surface area contributed by atoms with Crippen LogP contribution in [-0.4, -0.2) is 35.3 Å². The molecule has 24 heavy (non-hydrogen) atoms. The molecule has 1 aliphatic rings. The van der Waals surface area contributed by atoms with Crippen LogP contribution in [0, 0.1) is 13.8 Å². The molecule has 0 radical (unpaired) electrons. The molecule has 3 aromatic rings. The SMILES string of the molecule is Cc1cc(C)n2nc(C(=O)NC3CCCc4c3cnn4C)nc2n1. The largest absolute Gasteiger partial charge is 0.342 e. The highest BCUT2D eigenvalue weighted by molar-refractivity contribution is 5.91. The van der Waals surface area contributed by atoms with Gasteiger partial charge in [0.25, 0.3) is 11.7 Å².